The van der Waals surface area contributed by atoms with Gasteiger partial charge in [-0.25, -0.2) is 4.98 Å². The van der Waals surface area contributed by atoms with Crippen molar-refractivity contribution in [2.24, 2.45) is 5.73 Å². The van der Waals surface area contributed by atoms with Gasteiger partial charge in [0.15, 0.2) is 0 Å². The molecule has 102 valence electrons. The molecule has 0 unspecified atom stereocenters. The van der Waals surface area contributed by atoms with Crippen molar-refractivity contribution >= 4 is 22.7 Å². The second kappa shape index (κ2) is 5.35. The molecule has 0 aliphatic heterocycles. The van der Waals surface area contributed by atoms with E-state index in [1.54, 1.807) is 22.7 Å². The van der Waals surface area contributed by atoms with E-state index in [2.05, 4.69) is 23.8 Å². The fourth-order valence-electron chi connectivity index (χ4n) is 2.82. The van der Waals surface area contributed by atoms with Crippen molar-refractivity contribution in [2.75, 3.05) is 0 Å². The molecular weight excluding hydrogens is 272 g/mol. The summed E-state index contributed by atoms with van der Waals surface area (Å²) in [6.45, 7) is 2.15. The van der Waals surface area contributed by atoms with Crippen LogP contribution in [-0.4, -0.2) is 4.98 Å². The van der Waals surface area contributed by atoms with Crippen LogP contribution in [0, 0.1) is 6.92 Å². The van der Waals surface area contributed by atoms with E-state index in [-0.39, 0.29) is 5.54 Å². The average Bonchev–Trinajstić information content (AvgIpc) is 2.97. The Bertz CT molecular complexity index is 548. The second-order valence-corrected chi connectivity index (χ2v) is 7.32. The highest BCUT2D eigenvalue weighted by atomic mass is 32.1. The number of thiazole rings is 1. The summed E-state index contributed by atoms with van der Waals surface area (Å²) in [5.74, 6) is 0. The number of thiophene rings is 1. The maximum absolute atomic E-state index is 6.64. The molecule has 0 atom stereocenters. The zero-order valence-corrected chi connectivity index (χ0v) is 12.9. The molecule has 0 amide bonds. The van der Waals surface area contributed by atoms with Crippen LogP contribution in [0.25, 0.3) is 10.6 Å². The topological polar surface area (TPSA) is 38.9 Å². The molecule has 2 heterocycles. The van der Waals surface area contributed by atoms with Crippen LogP contribution in [-0.2, 0) is 5.54 Å². The second-order valence-electron chi connectivity index (χ2n) is 5.54. The molecule has 0 spiro atoms. The van der Waals surface area contributed by atoms with Gasteiger partial charge >= 0.3 is 0 Å². The van der Waals surface area contributed by atoms with Crippen molar-refractivity contribution < 1.29 is 0 Å². The number of hydrogen-bond donors (Lipinski definition) is 1. The number of nitrogens with zero attached hydrogens (tertiary/aromatic N) is 1. The standard InChI is InChI=1S/C15H20N2S2/c1-11-6-9-18-13(11)12-10-19-14(17-12)15(16)7-4-2-3-5-8-15/h6,9-10H,2-5,7-8,16H2,1H3. The molecule has 2 aromatic heterocycles. The summed E-state index contributed by atoms with van der Waals surface area (Å²) >= 11 is 3.51. The Kier molecular flexibility index (Phi) is 3.74. The van der Waals surface area contributed by atoms with E-state index in [9.17, 15) is 0 Å². The van der Waals surface area contributed by atoms with Crippen molar-refractivity contribution in [3.63, 3.8) is 0 Å². The van der Waals surface area contributed by atoms with Crippen molar-refractivity contribution in [3.05, 3.63) is 27.4 Å². The smallest absolute Gasteiger partial charge is 0.113 e. The molecule has 1 aliphatic rings. The van der Waals surface area contributed by atoms with Gasteiger partial charge in [0.25, 0.3) is 0 Å². The van der Waals surface area contributed by atoms with Gasteiger partial charge in [-0.1, -0.05) is 25.7 Å². The molecule has 4 heteroatoms. The molecule has 2 N–H and O–H groups in total. The van der Waals surface area contributed by atoms with Gasteiger partial charge in [0, 0.05) is 5.38 Å². The Hall–Kier alpha value is -0.710. The Morgan fingerprint density at radius 2 is 1.89 bits per heavy atom. The molecule has 2 nitrogen and oxygen atoms in total. The number of rotatable bonds is 2. The molecule has 0 saturated heterocycles. The lowest BCUT2D eigenvalue weighted by Gasteiger charge is -2.25. The number of nitrogens with two attached hydrogens (primary N) is 1. The number of hydrogen-bond acceptors (Lipinski definition) is 4. The van der Waals surface area contributed by atoms with Crippen molar-refractivity contribution in [1.29, 1.82) is 0 Å². The Balaban J connectivity index is 1.90. The van der Waals surface area contributed by atoms with E-state index < -0.39 is 0 Å². The van der Waals surface area contributed by atoms with Crippen LogP contribution < -0.4 is 5.73 Å². The average molecular weight is 292 g/mol. The van der Waals surface area contributed by atoms with Crippen LogP contribution in [0.1, 0.15) is 49.1 Å². The van der Waals surface area contributed by atoms with Crippen molar-refractivity contribution in [2.45, 2.75) is 51.0 Å². The van der Waals surface area contributed by atoms with Crippen molar-refractivity contribution in [1.82, 2.24) is 4.98 Å². The first kappa shape index (κ1) is 13.3. The molecule has 0 bridgehead atoms. The van der Waals surface area contributed by atoms with Gasteiger partial charge in [0.1, 0.15) is 5.01 Å². The molecule has 1 aliphatic carbocycles. The molecule has 3 rings (SSSR count). The fourth-order valence-corrected chi connectivity index (χ4v) is 4.76. The first-order valence-corrected chi connectivity index (χ1v) is 8.74. The number of aryl methyl sites for hydroxylation is 1. The van der Waals surface area contributed by atoms with E-state index in [4.69, 9.17) is 10.7 Å². The maximum atomic E-state index is 6.64. The van der Waals surface area contributed by atoms with Gasteiger partial charge < -0.3 is 5.73 Å². The van der Waals surface area contributed by atoms with Crippen LogP contribution in [0.4, 0.5) is 0 Å². The molecule has 1 fully saturated rings. The SMILES string of the molecule is Cc1ccsc1-c1csc(C2(N)CCCCCC2)n1. The Morgan fingerprint density at radius 3 is 2.53 bits per heavy atom. The monoisotopic (exact) mass is 292 g/mol. The predicted octanol–water partition coefficient (Wildman–Crippen LogP) is 4.69. The third-order valence-corrected chi connectivity index (χ3v) is 6.12. The summed E-state index contributed by atoms with van der Waals surface area (Å²) in [5.41, 5.74) is 8.89. The minimum atomic E-state index is -0.176. The van der Waals surface area contributed by atoms with Gasteiger partial charge in [0.05, 0.1) is 16.1 Å². The highest BCUT2D eigenvalue weighted by Crippen LogP contribution is 2.38. The van der Waals surface area contributed by atoms with Crippen LogP contribution in [0.15, 0.2) is 16.8 Å². The van der Waals surface area contributed by atoms with E-state index in [1.807, 2.05) is 0 Å². The van der Waals surface area contributed by atoms with E-state index in [0.717, 1.165) is 23.5 Å². The lowest BCUT2D eigenvalue weighted by Crippen LogP contribution is -2.35. The minimum absolute atomic E-state index is 0.176. The molecule has 1 saturated carbocycles. The summed E-state index contributed by atoms with van der Waals surface area (Å²) < 4.78 is 0. The quantitative estimate of drug-likeness (QED) is 0.816. The Morgan fingerprint density at radius 1 is 1.16 bits per heavy atom. The van der Waals surface area contributed by atoms with E-state index in [1.165, 1.54) is 36.1 Å². The summed E-state index contributed by atoms with van der Waals surface area (Å²) in [6.07, 6.45) is 7.29. The van der Waals surface area contributed by atoms with Gasteiger partial charge in [-0.3, -0.25) is 0 Å². The van der Waals surface area contributed by atoms with Gasteiger partial charge in [-0.05, 0) is 36.8 Å². The normalized spacial score (nSPS) is 19.3. The van der Waals surface area contributed by atoms with Crippen LogP contribution in [0.3, 0.4) is 0 Å². The highest BCUT2D eigenvalue weighted by molar-refractivity contribution is 7.14. The molecule has 2 aromatic rings. The first-order chi connectivity index (χ1) is 9.19. The zero-order chi connectivity index (χ0) is 13.3. The first-order valence-electron chi connectivity index (χ1n) is 6.98. The largest absolute Gasteiger partial charge is 0.319 e. The summed E-state index contributed by atoms with van der Waals surface area (Å²) in [4.78, 5) is 6.15. The van der Waals surface area contributed by atoms with Gasteiger partial charge in [-0.15, -0.1) is 22.7 Å². The van der Waals surface area contributed by atoms with Gasteiger partial charge in [-0.2, -0.15) is 0 Å². The molecule has 19 heavy (non-hydrogen) atoms. The van der Waals surface area contributed by atoms with E-state index >= 15 is 0 Å². The molecule has 0 radical (unpaired) electrons. The summed E-state index contributed by atoms with van der Waals surface area (Å²) in [7, 11) is 0. The van der Waals surface area contributed by atoms with Crippen LogP contribution >= 0.6 is 22.7 Å². The fraction of sp³-hybridized carbons (Fsp3) is 0.533. The van der Waals surface area contributed by atoms with Crippen LogP contribution in [0.5, 0.6) is 0 Å². The van der Waals surface area contributed by atoms with Crippen molar-refractivity contribution in [3.8, 4) is 10.6 Å². The summed E-state index contributed by atoms with van der Waals surface area (Å²) in [5, 5.41) is 5.44. The van der Waals surface area contributed by atoms with Crippen LogP contribution in [0.2, 0.25) is 0 Å². The van der Waals surface area contributed by atoms with Gasteiger partial charge in [0.2, 0.25) is 0 Å². The molecule has 0 aromatic carbocycles. The zero-order valence-electron chi connectivity index (χ0n) is 11.3. The Labute approximate surface area is 122 Å². The highest BCUT2D eigenvalue weighted by Gasteiger charge is 2.31. The summed E-state index contributed by atoms with van der Waals surface area (Å²) in [6, 6.07) is 2.16. The third-order valence-electron chi connectivity index (χ3n) is 4.02. The maximum Gasteiger partial charge on any atom is 0.113 e. The lowest BCUT2D eigenvalue weighted by molar-refractivity contribution is 0.384. The molecular formula is C15H20N2S2. The van der Waals surface area contributed by atoms with E-state index in [0.29, 0.717) is 0 Å². The predicted molar refractivity (Wildman–Crippen MR) is 83.7 cm³/mol. The number of aromatic nitrogens is 1. The minimum Gasteiger partial charge on any atom is -0.319 e. The third kappa shape index (κ3) is 2.62. The lowest BCUT2D eigenvalue weighted by atomic mass is 9.92.